The van der Waals surface area contributed by atoms with E-state index in [9.17, 15) is 0 Å². The number of hydrogen-bond acceptors (Lipinski definition) is 6. The summed E-state index contributed by atoms with van der Waals surface area (Å²) in [6.07, 6.45) is 11.5. The van der Waals surface area contributed by atoms with Gasteiger partial charge in [-0.25, -0.2) is 15.0 Å². The second kappa shape index (κ2) is 9.42. The lowest BCUT2D eigenvalue weighted by Gasteiger charge is -2.30. The van der Waals surface area contributed by atoms with E-state index in [1.807, 2.05) is 42.5 Å². The van der Waals surface area contributed by atoms with Crippen molar-refractivity contribution in [1.29, 1.82) is 0 Å². The van der Waals surface area contributed by atoms with Gasteiger partial charge in [0.1, 0.15) is 11.6 Å². The molecule has 160 valence electrons. The van der Waals surface area contributed by atoms with Crippen LogP contribution in [0.4, 0.5) is 5.82 Å². The summed E-state index contributed by atoms with van der Waals surface area (Å²) in [6, 6.07) is 9.78. The van der Waals surface area contributed by atoms with E-state index in [1.165, 1.54) is 0 Å². The Labute approximate surface area is 181 Å². The van der Waals surface area contributed by atoms with Crippen LogP contribution in [0, 0.1) is 0 Å². The van der Waals surface area contributed by atoms with Gasteiger partial charge in [0.2, 0.25) is 0 Å². The third kappa shape index (κ3) is 5.09. The number of ether oxygens (including phenoxy) is 1. The van der Waals surface area contributed by atoms with Crippen LogP contribution in [0.2, 0.25) is 0 Å². The highest BCUT2D eigenvalue weighted by Gasteiger charge is 2.26. The molecule has 1 aliphatic carbocycles. The van der Waals surface area contributed by atoms with Crippen molar-refractivity contribution in [2.75, 3.05) is 12.4 Å². The van der Waals surface area contributed by atoms with Crippen LogP contribution in [-0.4, -0.2) is 40.1 Å². The van der Waals surface area contributed by atoms with E-state index in [0.29, 0.717) is 5.82 Å². The quantitative estimate of drug-likeness (QED) is 0.415. The largest absolute Gasteiger partial charge is 0.497 e. The van der Waals surface area contributed by atoms with E-state index in [1.54, 1.807) is 19.5 Å². The maximum absolute atomic E-state index is 5.67. The van der Waals surface area contributed by atoms with Crippen molar-refractivity contribution in [3.8, 4) is 5.75 Å². The van der Waals surface area contributed by atoms with Crippen molar-refractivity contribution < 1.29 is 4.74 Å². The fourth-order valence-corrected chi connectivity index (χ4v) is 3.88. The standard InChI is InChI=1S/C23H27N7O/c1-31-16-9-10-18-17(13-16)22(28-19-6-2-3-7-20(19)29-23(24)25)30-21(27-18)11-8-15-5-4-12-26-14-15/h4-5,8-14,19-20H,2-3,6-7H2,1H3,(H4,24,25,29)(H,27,28,30)/b11-8-/t19-,20+/m1/s1. The van der Waals surface area contributed by atoms with Gasteiger partial charge in [-0.15, -0.1) is 0 Å². The second-order valence-corrected chi connectivity index (χ2v) is 7.59. The number of fused-ring (bicyclic) bond motifs is 1. The Morgan fingerprint density at radius 2 is 2.03 bits per heavy atom. The Kier molecular flexibility index (Phi) is 6.26. The maximum Gasteiger partial charge on any atom is 0.186 e. The van der Waals surface area contributed by atoms with Gasteiger partial charge in [-0.1, -0.05) is 18.9 Å². The summed E-state index contributed by atoms with van der Waals surface area (Å²) in [5, 5.41) is 4.49. The Bertz CT molecular complexity index is 1090. The molecule has 0 amide bonds. The smallest absolute Gasteiger partial charge is 0.186 e. The van der Waals surface area contributed by atoms with Crippen molar-refractivity contribution in [1.82, 2.24) is 15.0 Å². The molecular formula is C23H27N7O. The lowest BCUT2D eigenvalue weighted by Crippen LogP contribution is -2.38. The molecule has 0 spiro atoms. The molecule has 0 unspecified atom stereocenters. The Hall–Kier alpha value is -3.68. The van der Waals surface area contributed by atoms with Crippen LogP contribution in [0.3, 0.4) is 0 Å². The van der Waals surface area contributed by atoms with E-state index in [4.69, 9.17) is 26.2 Å². The first-order chi connectivity index (χ1) is 15.1. The van der Waals surface area contributed by atoms with E-state index in [2.05, 4.69) is 15.3 Å². The number of rotatable bonds is 6. The predicted octanol–water partition coefficient (Wildman–Crippen LogP) is 3.20. The maximum atomic E-state index is 5.67. The fraction of sp³-hybridized carbons (Fsp3) is 0.304. The highest BCUT2D eigenvalue weighted by atomic mass is 16.5. The number of pyridine rings is 1. The zero-order valence-electron chi connectivity index (χ0n) is 17.5. The predicted molar refractivity (Wildman–Crippen MR) is 125 cm³/mol. The van der Waals surface area contributed by atoms with E-state index in [0.717, 1.165) is 53.7 Å². The fourth-order valence-electron chi connectivity index (χ4n) is 3.88. The highest BCUT2D eigenvalue weighted by molar-refractivity contribution is 5.91. The van der Waals surface area contributed by atoms with Crippen LogP contribution < -0.4 is 21.5 Å². The van der Waals surface area contributed by atoms with Crippen molar-refractivity contribution in [2.45, 2.75) is 37.8 Å². The lowest BCUT2D eigenvalue weighted by molar-refractivity contribution is 0.405. The number of benzene rings is 1. The molecule has 1 aliphatic rings. The molecule has 2 heterocycles. The molecule has 2 aromatic heterocycles. The number of guanidine groups is 1. The number of aromatic nitrogens is 3. The van der Waals surface area contributed by atoms with E-state index >= 15 is 0 Å². The second-order valence-electron chi connectivity index (χ2n) is 7.59. The van der Waals surface area contributed by atoms with Crippen molar-refractivity contribution in [3.63, 3.8) is 0 Å². The topological polar surface area (TPSA) is 124 Å². The Balaban J connectivity index is 1.72. The first kappa shape index (κ1) is 20.6. The van der Waals surface area contributed by atoms with Crippen LogP contribution in [0.1, 0.15) is 37.1 Å². The summed E-state index contributed by atoms with van der Waals surface area (Å²) in [6.45, 7) is 0. The van der Waals surface area contributed by atoms with Gasteiger partial charge in [-0.2, -0.15) is 0 Å². The minimum atomic E-state index is 0.0174. The SMILES string of the molecule is COc1ccc2nc(/C=C\c3cccnc3)nc(N[C@@H]3CCCC[C@@H]3N=C(N)N)c2c1. The molecular weight excluding hydrogens is 390 g/mol. The summed E-state index contributed by atoms with van der Waals surface area (Å²) in [7, 11) is 1.65. The van der Waals surface area contributed by atoms with Gasteiger partial charge >= 0.3 is 0 Å². The molecule has 31 heavy (non-hydrogen) atoms. The van der Waals surface area contributed by atoms with Gasteiger partial charge in [0, 0.05) is 17.8 Å². The molecule has 0 bridgehead atoms. The van der Waals surface area contributed by atoms with Crippen LogP contribution in [-0.2, 0) is 0 Å². The van der Waals surface area contributed by atoms with Crippen LogP contribution >= 0.6 is 0 Å². The number of methoxy groups -OCH3 is 1. The Morgan fingerprint density at radius 1 is 1.16 bits per heavy atom. The third-order valence-electron chi connectivity index (χ3n) is 5.40. The molecule has 4 rings (SSSR count). The molecule has 0 radical (unpaired) electrons. The first-order valence-electron chi connectivity index (χ1n) is 10.4. The van der Waals surface area contributed by atoms with Crippen LogP contribution in [0.15, 0.2) is 47.7 Å². The molecule has 1 saturated carbocycles. The summed E-state index contributed by atoms with van der Waals surface area (Å²) in [5.41, 5.74) is 13.2. The molecule has 5 N–H and O–H groups in total. The van der Waals surface area contributed by atoms with Gasteiger partial charge in [0.25, 0.3) is 0 Å². The first-order valence-corrected chi connectivity index (χ1v) is 10.4. The Morgan fingerprint density at radius 3 is 2.81 bits per heavy atom. The minimum absolute atomic E-state index is 0.0174. The molecule has 3 aromatic rings. The molecule has 0 saturated heterocycles. The molecule has 1 aromatic carbocycles. The van der Waals surface area contributed by atoms with Crippen LogP contribution in [0.5, 0.6) is 5.75 Å². The molecule has 0 aliphatic heterocycles. The van der Waals surface area contributed by atoms with Gasteiger partial charge in [-0.05, 0) is 54.8 Å². The van der Waals surface area contributed by atoms with Gasteiger partial charge in [0.15, 0.2) is 11.8 Å². The van der Waals surface area contributed by atoms with Gasteiger partial charge in [-0.3, -0.25) is 4.98 Å². The normalized spacial score (nSPS) is 18.7. The highest BCUT2D eigenvalue weighted by Crippen LogP contribution is 2.29. The van der Waals surface area contributed by atoms with Crippen molar-refractivity contribution in [3.05, 3.63) is 54.1 Å². The number of nitrogens with zero attached hydrogens (tertiary/aromatic N) is 4. The van der Waals surface area contributed by atoms with Crippen LogP contribution in [0.25, 0.3) is 23.1 Å². The zero-order chi connectivity index (χ0) is 21.6. The third-order valence-corrected chi connectivity index (χ3v) is 5.40. The summed E-state index contributed by atoms with van der Waals surface area (Å²) < 4.78 is 5.42. The minimum Gasteiger partial charge on any atom is -0.497 e. The van der Waals surface area contributed by atoms with Crippen molar-refractivity contribution >= 4 is 34.8 Å². The van der Waals surface area contributed by atoms with E-state index < -0.39 is 0 Å². The number of aliphatic imine (C=N–C) groups is 1. The average molecular weight is 418 g/mol. The number of anilines is 1. The summed E-state index contributed by atoms with van der Waals surface area (Å²) in [5.74, 6) is 2.23. The monoisotopic (exact) mass is 417 g/mol. The van der Waals surface area contributed by atoms with E-state index in [-0.39, 0.29) is 18.0 Å². The number of nitrogens with one attached hydrogen (secondary N) is 1. The molecule has 8 heteroatoms. The molecule has 8 nitrogen and oxygen atoms in total. The zero-order valence-corrected chi connectivity index (χ0v) is 17.5. The lowest BCUT2D eigenvalue weighted by atomic mass is 9.90. The van der Waals surface area contributed by atoms with Crippen molar-refractivity contribution in [2.24, 2.45) is 16.5 Å². The molecule has 1 fully saturated rings. The summed E-state index contributed by atoms with van der Waals surface area (Å²) >= 11 is 0. The number of nitrogens with two attached hydrogens (primary N) is 2. The average Bonchev–Trinajstić information content (AvgIpc) is 2.79. The van der Waals surface area contributed by atoms with Gasteiger partial charge in [0.05, 0.1) is 24.7 Å². The van der Waals surface area contributed by atoms with Gasteiger partial charge < -0.3 is 21.5 Å². The summed E-state index contributed by atoms with van der Waals surface area (Å²) in [4.78, 5) is 18.1. The molecule has 2 atom stereocenters. The number of hydrogen-bond donors (Lipinski definition) is 3.